The lowest BCUT2D eigenvalue weighted by Crippen LogP contribution is -2.43. The summed E-state index contributed by atoms with van der Waals surface area (Å²) in [6, 6.07) is 21.4. The second kappa shape index (κ2) is 12.2. The van der Waals surface area contributed by atoms with E-state index in [2.05, 4.69) is 5.32 Å². The number of carboxylic acid groups (broad SMARTS) is 1. The highest BCUT2D eigenvalue weighted by Crippen LogP contribution is 2.26. The summed E-state index contributed by atoms with van der Waals surface area (Å²) in [5, 5.41) is 30.7. The molecule has 0 aliphatic rings. The number of benzene rings is 3. The van der Waals surface area contributed by atoms with Crippen LogP contribution in [0.5, 0.6) is 11.5 Å². The number of esters is 1. The summed E-state index contributed by atoms with van der Waals surface area (Å²) < 4.78 is 5.72. The van der Waals surface area contributed by atoms with E-state index in [4.69, 9.17) is 4.74 Å². The second-order valence-electron chi connectivity index (χ2n) is 8.07. The highest BCUT2D eigenvalue weighted by atomic mass is 16.5. The normalized spacial score (nSPS) is 12.3. The number of carbonyl (C=O) groups is 3. The van der Waals surface area contributed by atoms with Gasteiger partial charge in [0.2, 0.25) is 5.91 Å². The lowest BCUT2D eigenvalue weighted by atomic mass is 10.0. The maximum absolute atomic E-state index is 13.0. The zero-order chi connectivity index (χ0) is 25.2. The van der Waals surface area contributed by atoms with Crippen molar-refractivity contribution in [2.75, 3.05) is 0 Å². The van der Waals surface area contributed by atoms with Gasteiger partial charge in [0, 0.05) is 12.8 Å². The van der Waals surface area contributed by atoms with Crippen LogP contribution in [0.2, 0.25) is 0 Å². The Kier molecular flexibility index (Phi) is 8.83. The van der Waals surface area contributed by atoms with Crippen LogP contribution in [0.1, 0.15) is 35.6 Å². The molecule has 1 amide bonds. The third-order valence-corrected chi connectivity index (χ3v) is 5.37. The lowest BCUT2D eigenvalue weighted by Gasteiger charge is -2.22. The molecule has 2 atom stereocenters. The molecular formula is C27H27NO7. The van der Waals surface area contributed by atoms with E-state index in [1.807, 2.05) is 60.7 Å². The van der Waals surface area contributed by atoms with Crippen molar-refractivity contribution in [3.63, 3.8) is 0 Å². The molecule has 0 heterocycles. The van der Waals surface area contributed by atoms with Crippen molar-refractivity contribution in [3.05, 3.63) is 95.6 Å². The number of phenolic OH excluding ortho intramolecular Hbond substituents is 2. The molecule has 0 bridgehead atoms. The smallest absolute Gasteiger partial charge is 0.329 e. The Morgan fingerprint density at radius 1 is 0.829 bits per heavy atom. The number of carbonyl (C=O) groups excluding carboxylic acids is 2. The Hall–Kier alpha value is -4.33. The van der Waals surface area contributed by atoms with Crippen molar-refractivity contribution in [1.82, 2.24) is 5.32 Å². The van der Waals surface area contributed by atoms with Crippen LogP contribution in [0.4, 0.5) is 0 Å². The minimum absolute atomic E-state index is 0.0558. The fourth-order valence-corrected chi connectivity index (χ4v) is 3.56. The molecule has 3 aromatic carbocycles. The highest BCUT2D eigenvalue weighted by molar-refractivity contribution is 5.88. The molecule has 0 radical (unpaired) electrons. The van der Waals surface area contributed by atoms with E-state index in [1.165, 1.54) is 12.1 Å². The first-order valence-electron chi connectivity index (χ1n) is 11.1. The zero-order valence-corrected chi connectivity index (χ0v) is 19.0. The van der Waals surface area contributed by atoms with Crippen LogP contribution >= 0.6 is 0 Å². The summed E-state index contributed by atoms with van der Waals surface area (Å²) in [6.07, 6.45) is -0.750. The first-order valence-corrected chi connectivity index (χ1v) is 11.1. The summed E-state index contributed by atoms with van der Waals surface area (Å²) in [7, 11) is 0. The van der Waals surface area contributed by atoms with Crippen LogP contribution in [-0.4, -0.2) is 39.2 Å². The average Bonchev–Trinajstić information content (AvgIpc) is 2.85. The van der Waals surface area contributed by atoms with Crippen molar-refractivity contribution in [2.45, 2.75) is 37.8 Å². The van der Waals surface area contributed by atoms with Gasteiger partial charge >= 0.3 is 11.9 Å². The van der Waals surface area contributed by atoms with Gasteiger partial charge in [-0.25, -0.2) is 4.79 Å². The lowest BCUT2D eigenvalue weighted by molar-refractivity contribution is -0.156. The summed E-state index contributed by atoms with van der Waals surface area (Å²) in [5.41, 5.74) is 2.28. The van der Waals surface area contributed by atoms with Crippen LogP contribution in [0.25, 0.3) is 0 Å². The molecule has 182 valence electrons. The Bertz CT molecular complexity index is 1150. The Labute approximate surface area is 202 Å². The number of aryl methyl sites for hydroxylation is 1. The van der Waals surface area contributed by atoms with Gasteiger partial charge in [0.25, 0.3) is 0 Å². The average molecular weight is 478 g/mol. The number of hydrogen-bond donors (Lipinski definition) is 4. The van der Waals surface area contributed by atoms with Crippen molar-refractivity contribution >= 4 is 17.8 Å². The van der Waals surface area contributed by atoms with Crippen molar-refractivity contribution in [2.24, 2.45) is 0 Å². The van der Waals surface area contributed by atoms with Gasteiger partial charge in [0.05, 0.1) is 6.42 Å². The van der Waals surface area contributed by atoms with Gasteiger partial charge in [-0.1, -0.05) is 66.7 Å². The molecule has 0 fully saturated rings. The van der Waals surface area contributed by atoms with Crippen molar-refractivity contribution < 1.29 is 34.4 Å². The van der Waals surface area contributed by atoms with Crippen LogP contribution in [0.3, 0.4) is 0 Å². The maximum Gasteiger partial charge on any atom is 0.329 e. The molecule has 0 aliphatic carbocycles. The molecule has 35 heavy (non-hydrogen) atoms. The van der Waals surface area contributed by atoms with Gasteiger partial charge in [-0.15, -0.1) is 0 Å². The van der Waals surface area contributed by atoms with Gasteiger partial charge in [-0.2, -0.15) is 0 Å². The fraction of sp³-hybridized carbons (Fsp3) is 0.222. The summed E-state index contributed by atoms with van der Waals surface area (Å²) in [5.74, 6) is -3.21. The molecule has 2 unspecified atom stereocenters. The number of carboxylic acids is 1. The van der Waals surface area contributed by atoms with Crippen LogP contribution in [0, 0.1) is 0 Å². The standard InChI is InChI=1S/C27H27NO7/c29-22-13-11-19(15-23(22)30)12-14-25(31)28-21(17-26(32)33)27(34)35-24(20-9-5-2-6-10-20)16-18-7-3-1-4-8-18/h1-11,13,15,21,24,29-30H,12,14,16-17H2,(H,28,31)(H,32,33). The quantitative estimate of drug-likeness (QED) is 0.245. The number of nitrogens with one attached hydrogen (secondary N) is 1. The van der Waals surface area contributed by atoms with Crippen molar-refractivity contribution in [1.29, 1.82) is 0 Å². The summed E-state index contributed by atoms with van der Waals surface area (Å²) in [6.45, 7) is 0. The predicted molar refractivity (Wildman–Crippen MR) is 128 cm³/mol. The van der Waals surface area contributed by atoms with Crippen molar-refractivity contribution in [3.8, 4) is 11.5 Å². The van der Waals surface area contributed by atoms with Gasteiger partial charge in [0.15, 0.2) is 11.5 Å². The molecule has 3 aromatic rings. The van der Waals surface area contributed by atoms with E-state index in [-0.39, 0.29) is 24.3 Å². The third-order valence-electron chi connectivity index (χ3n) is 5.37. The molecule has 0 spiro atoms. The van der Waals surface area contributed by atoms with Crippen LogP contribution < -0.4 is 5.32 Å². The Morgan fingerprint density at radius 3 is 2.11 bits per heavy atom. The first kappa shape index (κ1) is 25.3. The monoisotopic (exact) mass is 477 g/mol. The molecule has 0 saturated carbocycles. The molecule has 4 N–H and O–H groups in total. The number of aromatic hydroxyl groups is 2. The third kappa shape index (κ3) is 7.89. The van der Waals surface area contributed by atoms with Gasteiger partial charge < -0.3 is 25.4 Å². The Morgan fingerprint density at radius 2 is 1.49 bits per heavy atom. The van der Waals surface area contributed by atoms with Gasteiger partial charge in [0.1, 0.15) is 12.1 Å². The van der Waals surface area contributed by atoms with E-state index in [9.17, 15) is 29.7 Å². The van der Waals surface area contributed by atoms with Crippen LogP contribution in [-0.2, 0) is 32.0 Å². The SMILES string of the molecule is O=C(O)CC(NC(=O)CCc1ccc(O)c(O)c1)C(=O)OC(Cc1ccccc1)c1ccccc1. The minimum Gasteiger partial charge on any atom is -0.504 e. The molecule has 8 nitrogen and oxygen atoms in total. The van der Waals surface area contributed by atoms with Gasteiger partial charge in [-0.3, -0.25) is 9.59 Å². The zero-order valence-electron chi connectivity index (χ0n) is 19.0. The van der Waals surface area contributed by atoms with E-state index in [0.717, 1.165) is 11.1 Å². The number of rotatable bonds is 11. The number of amides is 1. The van der Waals surface area contributed by atoms with Gasteiger partial charge in [-0.05, 0) is 35.2 Å². The molecule has 0 aromatic heterocycles. The fourth-order valence-electron chi connectivity index (χ4n) is 3.56. The first-order chi connectivity index (χ1) is 16.8. The molecule has 0 saturated heterocycles. The highest BCUT2D eigenvalue weighted by Gasteiger charge is 2.28. The van der Waals surface area contributed by atoms with E-state index in [1.54, 1.807) is 6.07 Å². The second-order valence-corrected chi connectivity index (χ2v) is 8.07. The number of aliphatic carboxylic acids is 1. The molecule has 0 aliphatic heterocycles. The Balaban J connectivity index is 1.68. The van der Waals surface area contributed by atoms with Crippen LogP contribution in [0.15, 0.2) is 78.9 Å². The predicted octanol–water partition coefficient (Wildman–Crippen LogP) is 3.52. The largest absolute Gasteiger partial charge is 0.504 e. The maximum atomic E-state index is 13.0. The number of phenols is 2. The summed E-state index contributed by atoms with van der Waals surface area (Å²) in [4.78, 5) is 36.9. The minimum atomic E-state index is -1.37. The van der Waals surface area contributed by atoms with E-state index < -0.39 is 36.4 Å². The molecule has 8 heteroatoms. The summed E-state index contributed by atoms with van der Waals surface area (Å²) >= 11 is 0. The molecule has 3 rings (SSSR count). The van der Waals surface area contributed by atoms with E-state index in [0.29, 0.717) is 12.0 Å². The number of ether oxygens (including phenoxy) is 1. The topological polar surface area (TPSA) is 133 Å². The number of hydrogen-bond acceptors (Lipinski definition) is 6. The molecular weight excluding hydrogens is 450 g/mol. The van der Waals surface area contributed by atoms with E-state index >= 15 is 0 Å².